The summed E-state index contributed by atoms with van der Waals surface area (Å²) in [6.45, 7) is 9.13. The van der Waals surface area contributed by atoms with Crippen molar-refractivity contribution in [2.75, 3.05) is 0 Å². The van der Waals surface area contributed by atoms with E-state index in [4.69, 9.17) is 0 Å². The van der Waals surface area contributed by atoms with Crippen molar-refractivity contribution in [3.63, 3.8) is 0 Å². The van der Waals surface area contributed by atoms with Crippen molar-refractivity contribution in [3.05, 3.63) is 16.0 Å². The Kier molecular flexibility index (Phi) is 14.8. The van der Waals surface area contributed by atoms with E-state index < -0.39 is 18.4 Å². The molecule has 0 aliphatic rings. The van der Waals surface area contributed by atoms with Gasteiger partial charge in [0.1, 0.15) is 0 Å². The van der Waals surface area contributed by atoms with Gasteiger partial charge in [0, 0.05) is 0 Å². The monoisotopic (exact) mass is 536 g/mol. The van der Waals surface area contributed by atoms with Crippen LogP contribution in [0.25, 0.3) is 0 Å². The Balaban J connectivity index is 3.22. The molecule has 0 aliphatic carbocycles. The van der Waals surface area contributed by atoms with Gasteiger partial charge in [0.25, 0.3) is 0 Å². The van der Waals surface area contributed by atoms with Crippen LogP contribution in [-0.4, -0.2) is 18.4 Å². The van der Waals surface area contributed by atoms with E-state index in [0.29, 0.717) is 0 Å². The van der Waals surface area contributed by atoms with Crippen LogP contribution >= 0.6 is 11.3 Å². The molecule has 0 N–H and O–H groups in total. The van der Waals surface area contributed by atoms with Gasteiger partial charge >= 0.3 is 196 Å². The van der Waals surface area contributed by atoms with Crippen molar-refractivity contribution in [2.24, 2.45) is 0 Å². The topological polar surface area (TPSA) is 47.6 Å². The van der Waals surface area contributed by atoms with Gasteiger partial charge in [-0.3, -0.25) is 0 Å². The SMILES string of the molecule is CCCCCCCCc1s[c]([Sn]([CH2]CCC)([CH2]CCC)[CH2]CCC)c(C#N)c1C#N. The molecule has 0 saturated heterocycles. The quantitative estimate of drug-likeness (QED) is 0.148. The van der Waals surface area contributed by atoms with Crippen molar-refractivity contribution in [3.8, 4) is 12.1 Å². The molecule has 0 radical (unpaired) electrons. The minimum absolute atomic E-state index is 0.747. The van der Waals surface area contributed by atoms with Crippen molar-refractivity contribution in [1.82, 2.24) is 0 Å². The average Bonchev–Trinajstić information content (AvgIpc) is 3.14. The van der Waals surface area contributed by atoms with E-state index in [0.717, 1.165) is 24.0 Å². The van der Waals surface area contributed by atoms with Gasteiger partial charge in [0.2, 0.25) is 0 Å². The van der Waals surface area contributed by atoms with E-state index in [1.54, 1.807) is 0 Å². The molecule has 0 atom stereocenters. The first-order chi connectivity index (χ1) is 14.6. The number of hydrogen-bond donors (Lipinski definition) is 0. The first-order valence-electron chi connectivity index (χ1n) is 12.6. The molecule has 1 rings (SSSR count). The Bertz CT molecular complexity index is 659. The summed E-state index contributed by atoms with van der Waals surface area (Å²) in [6, 6.07) is 4.99. The maximum atomic E-state index is 10.1. The zero-order chi connectivity index (χ0) is 22.2. The number of hydrogen-bond acceptors (Lipinski definition) is 3. The zero-order valence-corrected chi connectivity index (χ0v) is 23.8. The van der Waals surface area contributed by atoms with Crippen molar-refractivity contribution in [1.29, 1.82) is 10.5 Å². The van der Waals surface area contributed by atoms with Crippen molar-refractivity contribution >= 4 is 32.6 Å². The first-order valence-corrected chi connectivity index (χ1v) is 20.9. The summed E-state index contributed by atoms with van der Waals surface area (Å²) in [4.78, 5) is 1.23. The molecular weight excluding hydrogens is 491 g/mol. The Morgan fingerprint density at radius 1 is 0.633 bits per heavy atom. The van der Waals surface area contributed by atoms with Crippen LogP contribution in [0.5, 0.6) is 0 Å². The van der Waals surface area contributed by atoms with E-state index >= 15 is 0 Å². The van der Waals surface area contributed by atoms with E-state index in [9.17, 15) is 10.5 Å². The van der Waals surface area contributed by atoms with Crippen LogP contribution in [-0.2, 0) is 6.42 Å². The van der Waals surface area contributed by atoms with Crippen LogP contribution < -0.4 is 2.89 Å². The molecule has 0 amide bonds. The van der Waals surface area contributed by atoms with Gasteiger partial charge < -0.3 is 0 Å². The molecule has 0 aliphatic heterocycles. The molecular formula is C26H44N2SSn. The molecule has 0 fully saturated rings. The van der Waals surface area contributed by atoms with Crippen molar-refractivity contribution < 1.29 is 0 Å². The fourth-order valence-electron chi connectivity index (χ4n) is 4.58. The average molecular weight is 535 g/mol. The Labute approximate surface area is 195 Å². The van der Waals surface area contributed by atoms with Gasteiger partial charge in [-0.25, -0.2) is 0 Å². The molecule has 30 heavy (non-hydrogen) atoms. The molecule has 4 heteroatoms. The molecule has 0 spiro atoms. The predicted octanol–water partition coefficient (Wildman–Crippen LogP) is 8.45. The minimum atomic E-state index is -2.69. The number of unbranched alkanes of at least 4 members (excludes halogenated alkanes) is 8. The Morgan fingerprint density at radius 3 is 1.57 bits per heavy atom. The number of aryl methyl sites for hydroxylation is 1. The van der Waals surface area contributed by atoms with Gasteiger partial charge in [-0.05, 0) is 0 Å². The molecule has 168 valence electrons. The molecule has 1 aromatic rings. The third-order valence-electron chi connectivity index (χ3n) is 6.47. The standard InChI is InChI=1S/C14H17N2S.3C4H9.Sn/c1-2-3-4-5-6-7-8-14-13(10-16)12(9-15)11-17-14;3*1-3-4-2;/h2-8H2,1H3;3*1,3-4H2,2H3;. The van der Waals surface area contributed by atoms with Crippen LogP contribution in [0.15, 0.2) is 0 Å². The van der Waals surface area contributed by atoms with Gasteiger partial charge in [-0.2, -0.15) is 0 Å². The number of thiophene rings is 1. The molecule has 1 heterocycles. The van der Waals surface area contributed by atoms with Crippen molar-refractivity contribution in [2.45, 2.75) is 124 Å². The van der Waals surface area contributed by atoms with Crippen LogP contribution in [0.1, 0.15) is 121 Å². The second kappa shape index (κ2) is 16.2. The fraction of sp³-hybridized carbons (Fsp3) is 0.769. The van der Waals surface area contributed by atoms with Crippen LogP contribution in [0.4, 0.5) is 0 Å². The number of nitriles is 2. The molecule has 0 saturated carbocycles. The van der Waals surface area contributed by atoms with Gasteiger partial charge in [0.05, 0.1) is 0 Å². The maximum absolute atomic E-state index is 10.1. The predicted molar refractivity (Wildman–Crippen MR) is 135 cm³/mol. The van der Waals surface area contributed by atoms with Crippen LogP contribution in [0, 0.1) is 22.7 Å². The molecule has 0 aromatic carbocycles. The first kappa shape index (κ1) is 27.5. The fourth-order valence-corrected chi connectivity index (χ4v) is 25.7. The second-order valence-corrected chi connectivity index (χ2v) is 24.1. The molecule has 0 bridgehead atoms. The normalized spacial score (nSPS) is 11.4. The summed E-state index contributed by atoms with van der Waals surface area (Å²) < 4.78 is 5.55. The third kappa shape index (κ3) is 8.20. The summed E-state index contributed by atoms with van der Waals surface area (Å²) in [7, 11) is 0. The van der Waals surface area contributed by atoms with E-state index in [1.165, 1.54) is 91.7 Å². The van der Waals surface area contributed by atoms with Crippen LogP contribution in [0.3, 0.4) is 0 Å². The molecule has 1 aromatic heterocycles. The number of rotatable bonds is 17. The van der Waals surface area contributed by atoms with E-state index in [-0.39, 0.29) is 0 Å². The Morgan fingerprint density at radius 2 is 1.10 bits per heavy atom. The van der Waals surface area contributed by atoms with Gasteiger partial charge in [-0.15, -0.1) is 0 Å². The van der Waals surface area contributed by atoms with Crippen LogP contribution in [0.2, 0.25) is 13.3 Å². The van der Waals surface area contributed by atoms with E-state index in [2.05, 4.69) is 39.8 Å². The van der Waals surface area contributed by atoms with Gasteiger partial charge in [0.15, 0.2) is 0 Å². The van der Waals surface area contributed by atoms with E-state index in [1.807, 2.05) is 11.3 Å². The number of nitrogens with zero attached hydrogens (tertiary/aromatic N) is 2. The van der Waals surface area contributed by atoms with Gasteiger partial charge in [-0.1, -0.05) is 0 Å². The summed E-state index contributed by atoms with van der Waals surface area (Å²) in [5.74, 6) is 0. The molecule has 0 unspecified atom stereocenters. The molecule has 2 nitrogen and oxygen atoms in total. The summed E-state index contributed by atoms with van der Waals surface area (Å²) in [6.07, 6.45) is 16.2. The third-order valence-corrected chi connectivity index (χ3v) is 26.0. The second-order valence-electron chi connectivity index (χ2n) is 8.94. The summed E-state index contributed by atoms with van der Waals surface area (Å²) in [5.41, 5.74) is 1.55. The zero-order valence-electron chi connectivity index (χ0n) is 20.1. The summed E-state index contributed by atoms with van der Waals surface area (Å²) >= 11 is -0.776. The Hall–Kier alpha value is -0.521. The summed E-state index contributed by atoms with van der Waals surface area (Å²) in [5, 5.41) is 20.0.